The predicted molar refractivity (Wildman–Crippen MR) is 129 cm³/mol. The minimum Gasteiger partial charge on any atom is -0.504 e. The lowest BCUT2D eigenvalue weighted by Crippen LogP contribution is -2.47. The second-order valence-electron chi connectivity index (χ2n) is 8.39. The molecule has 0 aliphatic carbocycles. The van der Waals surface area contributed by atoms with E-state index in [2.05, 4.69) is 4.90 Å². The van der Waals surface area contributed by atoms with Crippen molar-refractivity contribution < 1.29 is 23.8 Å². The summed E-state index contributed by atoms with van der Waals surface area (Å²) in [5.74, 6) is 0.811. The van der Waals surface area contributed by atoms with Crippen molar-refractivity contribution in [3.63, 3.8) is 0 Å². The van der Waals surface area contributed by atoms with Gasteiger partial charge in [0.2, 0.25) is 0 Å². The fraction of sp³-hybridized carbons (Fsp3) is 0.296. The zero-order valence-electron chi connectivity index (χ0n) is 19.4. The van der Waals surface area contributed by atoms with Crippen LogP contribution in [0.3, 0.4) is 0 Å². The number of nitrogens with zero attached hydrogens (tertiary/aromatic N) is 2. The van der Waals surface area contributed by atoms with Gasteiger partial charge in [-0.2, -0.15) is 0 Å². The molecule has 1 fully saturated rings. The number of likely N-dealkylation sites (tertiary alicyclic amines) is 1. The van der Waals surface area contributed by atoms with E-state index in [4.69, 9.17) is 9.47 Å². The third-order valence-electron chi connectivity index (χ3n) is 6.23. The number of carbonyl (C=O) groups is 1. The summed E-state index contributed by atoms with van der Waals surface area (Å²) in [6.07, 6.45) is 1.56. The zero-order chi connectivity index (χ0) is 24.1. The van der Waals surface area contributed by atoms with Crippen molar-refractivity contribution in [3.8, 4) is 17.2 Å². The summed E-state index contributed by atoms with van der Waals surface area (Å²) in [5, 5.41) is 10.1. The molecule has 1 amide bonds. The Hall–Kier alpha value is -3.58. The van der Waals surface area contributed by atoms with Crippen LogP contribution in [0.15, 0.2) is 66.7 Å². The molecule has 178 valence electrons. The van der Waals surface area contributed by atoms with Crippen molar-refractivity contribution in [3.05, 3.63) is 83.7 Å². The van der Waals surface area contributed by atoms with Gasteiger partial charge in [0.15, 0.2) is 11.5 Å². The molecule has 1 saturated heterocycles. The van der Waals surface area contributed by atoms with Crippen LogP contribution in [0.1, 0.15) is 28.8 Å². The van der Waals surface area contributed by atoms with E-state index in [0.29, 0.717) is 29.3 Å². The highest BCUT2D eigenvalue weighted by molar-refractivity contribution is 6.06. The van der Waals surface area contributed by atoms with Crippen molar-refractivity contribution in [2.75, 3.05) is 32.2 Å². The summed E-state index contributed by atoms with van der Waals surface area (Å²) < 4.78 is 23.9. The Morgan fingerprint density at radius 2 is 1.68 bits per heavy atom. The maximum Gasteiger partial charge on any atom is 0.258 e. The van der Waals surface area contributed by atoms with Gasteiger partial charge in [0.25, 0.3) is 5.91 Å². The lowest BCUT2D eigenvalue weighted by molar-refractivity contribution is 0.0958. The Kier molecular flexibility index (Phi) is 7.33. The number of carbonyl (C=O) groups excluding carboxylic acids is 1. The standard InChI is InChI=1S/C27H29FN2O4/c1-33-24-10-4-20(5-11-24)27(32)30(22-8-6-21(28)7-9-22)23-13-15-29(16-14-23)18-19-3-12-26(34-2)25(31)17-19/h3-12,17,23,31H,13-16,18H2,1-2H3. The van der Waals surface area contributed by atoms with Crippen LogP contribution in [-0.4, -0.2) is 49.3 Å². The second kappa shape index (κ2) is 10.6. The lowest BCUT2D eigenvalue weighted by Gasteiger charge is -2.38. The van der Waals surface area contributed by atoms with E-state index in [1.54, 1.807) is 60.5 Å². The molecule has 3 aromatic carbocycles. The van der Waals surface area contributed by atoms with E-state index in [0.717, 1.165) is 31.5 Å². The van der Waals surface area contributed by atoms with Crippen LogP contribution >= 0.6 is 0 Å². The highest BCUT2D eigenvalue weighted by atomic mass is 19.1. The molecular weight excluding hydrogens is 435 g/mol. The second-order valence-corrected chi connectivity index (χ2v) is 8.39. The number of methoxy groups -OCH3 is 2. The molecule has 0 saturated carbocycles. The molecule has 0 aromatic heterocycles. The van der Waals surface area contributed by atoms with E-state index in [1.165, 1.54) is 19.2 Å². The first-order valence-electron chi connectivity index (χ1n) is 11.3. The molecule has 0 radical (unpaired) electrons. The average Bonchev–Trinajstić information content (AvgIpc) is 2.86. The van der Waals surface area contributed by atoms with E-state index in [1.807, 2.05) is 6.07 Å². The fourth-order valence-corrected chi connectivity index (χ4v) is 4.40. The predicted octanol–water partition coefficient (Wildman–Crippen LogP) is 4.86. The van der Waals surface area contributed by atoms with Gasteiger partial charge < -0.3 is 19.5 Å². The van der Waals surface area contributed by atoms with Crippen LogP contribution < -0.4 is 14.4 Å². The number of benzene rings is 3. The van der Waals surface area contributed by atoms with Crippen molar-refractivity contribution in [2.45, 2.75) is 25.4 Å². The molecule has 0 unspecified atom stereocenters. The van der Waals surface area contributed by atoms with Gasteiger partial charge >= 0.3 is 0 Å². The first-order valence-corrected chi connectivity index (χ1v) is 11.3. The van der Waals surface area contributed by atoms with E-state index in [-0.39, 0.29) is 23.5 Å². The zero-order valence-corrected chi connectivity index (χ0v) is 19.4. The van der Waals surface area contributed by atoms with Crippen LogP contribution in [0.2, 0.25) is 0 Å². The van der Waals surface area contributed by atoms with Gasteiger partial charge in [0.1, 0.15) is 11.6 Å². The number of phenolic OH excluding ortho intramolecular Hbond substituents is 1. The van der Waals surface area contributed by atoms with E-state index < -0.39 is 0 Å². The average molecular weight is 465 g/mol. The Bertz CT molecular complexity index is 1110. The van der Waals surface area contributed by atoms with Gasteiger partial charge in [0, 0.05) is 36.9 Å². The smallest absolute Gasteiger partial charge is 0.258 e. The van der Waals surface area contributed by atoms with E-state index >= 15 is 0 Å². The van der Waals surface area contributed by atoms with Crippen molar-refractivity contribution >= 4 is 11.6 Å². The number of piperidine rings is 1. The number of phenols is 1. The summed E-state index contributed by atoms with van der Waals surface area (Å²) in [6.45, 7) is 2.29. The Labute approximate surface area is 199 Å². The van der Waals surface area contributed by atoms with Gasteiger partial charge in [0.05, 0.1) is 14.2 Å². The van der Waals surface area contributed by atoms with Crippen LogP contribution in [-0.2, 0) is 6.54 Å². The molecule has 4 rings (SSSR count). The van der Waals surface area contributed by atoms with Crippen LogP contribution in [0.25, 0.3) is 0 Å². The number of hydrogen-bond acceptors (Lipinski definition) is 5. The third-order valence-corrected chi connectivity index (χ3v) is 6.23. The topological polar surface area (TPSA) is 62.2 Å². The van der Waals surface area contributed by atoms with Crippen LogP contribution in [0.5, 0.6) is 17.2 Å². The molecule has 1 aliphatic rings. The summed E-state index contributed by atoms with van der Waals surface area (Å²) >= 11 is 0. The highest BCUT2D eigenvalue weighted by Gasteiger charge is 2.30. The molecule has 34 heavy (non-hydrogen) atoms. The molecule has 1 heterocycles. The Morgan fingerprint density at radius 1 is 1.00 bits per heavy atom. The quantitative estimate of drug-likeness (QED) is 0.541. The van der Waals surface area contributed by atoms with Crippen molar-refractivity contribution in [1.82, 2.24) is 4.90 Å². The first-order chi connectivity index (χ1) is 16.5. The van der Waals surface area contributed by atoms with Crippen molar-refractivity contribution in [1.29, 1.82) is 0 Å². The fourth-order valence-electron chi connectivity index (χ4n) is 4.40. The number of anilines is 1. The summed E-state index contributed by atoms with van der Waals surface area (Å²) in [4.78, 5) is 17.6. The number of ether oxygens (including phenoxy) is 2. The minimum atomic E-state index is -0.335. The largest absolute Gasteiger partial charge is 0.504 e. The molecule has 0 atom stereocenters. The minimum absolute atomic E-state index is 0.0133. The number of rotatable bonds is 7. The van der Waals surface area contributed by atoms with Gasteiger partial charge in [-0.05, 0) is 79.1 Å². The molecule has 0 bridgehead atoms. The summed E-state index contributed by atoms with van der Waals surface area (Å²) in [7, 11) is 3.11. The van der Waals surface area contributed by atoms with Gasteiger partial charge in [-0.1, -0.05) is 6.07 Å². The summed E-state index contributed by atoms with van der Waals surface area (Å²) in [6, 6.07) is 18.5. The molecule has 1 N–H and O–H groups in total. The first kappa shape index (κ1) is 23.6. The Morgan fingerprint density at radius 3 is 2.26 bits per heavy atom. The molecule has 6 nitrogen and oxygen atoms in total. The summed E-state index contributed by atoms with van der Waals surface area (Å²) in [5.41, 5.74) is 2.24. The number of halogens is 1. The number of aromatic hydroxyl groups is 1. The monoisotopic (exact) mass is 464 g/mol. The number of amides is 1. The van der Waals surface area contributed by atoms with E-state index in [9.17, 15) is 14.3 Å². The maximum absolute atomic E-state index is 13.6. The molecule has 1 aliphatic heterocycles. The van der Waals surface area contributed by atoms with Gasteiger partial charge in [-0.25, -0.2) is 4.39 Å². The molecule has 3 aromatic rings. The SMILES string of the molecule is COc1ccc(C(=O)N(c2ccc(F)cc2)C2CCN(Cc3ccc(OC)c(O)c3)CC2)cc1. The maximum atomic E-state index is 13.6. The molecule has 0 spiro atoms. The van der Waals surface area contributed by atoms with Crippen LogP contribution in [0.4, 0.5) is 10.1 Å². The molecule has 7 heteroatoms. The van der Waals surface area contributed by atoms with Gasteiger partial charge in [-0.3, -0.25) is 9.69 Å². The number of hydrogen-bond donors (Lipinski definition) is 1. The van der Waals surface area contributed by atoms with Gasteiger partial charge in [-0.15, -0.1) is 0 Å². The van der Waals surface area contributed by atoms with Crippen LogP contribution in [0, 0.1) is 5.82 Å². The highest BCUT2D eigenvalue weighted by Crippen LogP contribution is 2.29. The third kappa shape index (κ3) is 5.31. The van der Waals surface area contributed by atoms with Crippen molar-refractivity contribution in [2.24, 2.45) is 0 Å². The Balaban J connectivity index is 1.49. The lowest BCUT2D eigenvalue weighted by atomic mass is 10.00. The molecular formula is C27H29FN2O4. The normalized spacial score (nSPS) is 14.6.